The number of nitrogens with two attached hydrogens (primary N) is 1. The Balaban J connectivity index is 1.74. The van der Waals surface area contributed by atoms with Crippen molar-refractivity contribution in [3.63, 3.8) is 0 Å². The van der Waals surface area contributed by atoms with E-state index in [2.05, 4.69) is 15.3 Å². The molecule has 0 aromatic carbocycles. The zero-order chi connectivity index (χ0) is 16.2. The largest absolute Gasteiger partial charge is 0.383 e. The standard InChI is InChI=1S/C15H21N5O3/c1-15(2)22-10-9(6-17-3)21-14(11(10)23-15)20-5-4-8-12(16)18-7-19-13(8)20/h4-5,7,9-11,14,17H,6H2,1-3H3,(H2,16,18,19)/t9-,10-,11-,14+/m1/s1. The first-order valence-electron chi connectivity index (χ1n) is 7.73. The Bertz CT molecular complexity index is 731. The van der Waals surface area contributed by atoms with Crippen molar-refractivity contribution in [3.8, 4) is 0 Å². The summed E-state index contributed by atoms with van der Waals surface area (Å²) in [6.07, 6.45) is 2.64. The Kier molecular flexibility index (Phi) is 3.31. The molecule has 4 rings (SSSR count). The van der Waals surface area contributed by atoms with Crippen molar-refractivity contribution < 1.29 is 14.2 Å². The highest BCUT2D eigenvalue weighted by Crippen LogP contribution is 2.43. The van der Waals surface area contributed by atoms with Crippen LogP contribution in [0.5, 0.6) is 0 Å². The molecule has 4 atom stereocenters. The summed E-state index contributed by atoms with van der Waals surface area (Å²) in [5.41, 5.74) is 6.66. The molecular formula is C15H21N5O3. The van der Waals surface area contributed by atoms with Gasteiger partial charge in [-0.2, -0.15) is 0 Å². The van der Waals surface area contributed by atoms with Gasteiger partial charge < -0.3 is 29.8 Å². The molecule has 2 saturated heterocycles. The highest BCUT2D eigenvalue weighted by molar-refractivity contribution is 5.86. The first-order valence-corrected chi connectivity index (χ1v) is 7.73. The minimum atomic E-state index is -0.625. The second-order valence-electron chi connectivity index (χ2n) is 6.41. The van der Waals surface area contributed by atoms with E-state index in [4.69, 9.17) is 19.9 Å². The van der Waals surface area contributed by atoms with Crippen LogP contribution in [0.25, 0.3) is 11.0 Å². The molecule has 4 heterocycles. The van der Waals surface area contributed by atoms with Crippen molar-refractivity contribution in [1.82, 2.24) is 19.9 Å². The molecular weight excluding hydrogens is 298 g/mol. The Morgan fingerprint density at radius 3 is 2.87 bits per heavy atom. The molecule has 0 spiro atoms. The SMILES string of the molecule is CNC[C@H]1O[C@H](n2ccc3c(N)ncnc32)[C@@H]2OC(C)(C)O[C@@H]21. The molecule has 2 aromatic heterocycles. The van der Waals surface area contributed by atoms with Gasteiger partial charge in [0.15, 0.2) is 12.0 Å². The highest BCUT2D eigenvalue weighted by Gasteiger charge is 2.55. The lowest BCUT2D eigenvalue weighted by Crippen LogP contribution is -2.36. The fourth-order valence-corrected chi connectivity index (χ4v) is 3.44. The first-order chi connectivity index (χ1) is 11.0. The Morgan fingerprint density at radius 1 is 1.30 bits per heavy atom. The number of anilines is 1. The summed E-state index contributed by atoms with van der Waals surface area (Å²) >= 11 is 0. The molecule has 8 nitrogen and oxygen atoms in total. The maximum Gasteiger partial charge on any atom is 0.164 e. The molecule has 2 aromatic rings. The lowest BCUT2D eigenvalue weighted by Gasteiger charge is -2.25. The highest BCUT2D eigenvalue weighted by atomic mass is 16.8. The average Bonchev–Trinajstić information content (AvgIpc) is 3.13. The zero-order valence-corrected chi connectivity index (χ0v) is 13.4. The summed E-state index contributed by atoms with van der Waals surface area (Å²) in [6.45, 7) is 4.53. The summed E-state index contributed by atoms with van der Waals surface area (Å²) in [6, 6.07) is 1.90. The molecule has 2 aliphatic rings. The maximum absolute atomic E-state index is 6.20. The number of nitrogens with zero attached hydrogens (tertiary/aromatic N) is 3. The molecule has 0 aliphatic carbocycles. The monoisotopic (exact) mass is 319 g/mol. The van der Waals surface area contributed by atoms with Crippen molar-refractivity contribution in [3.05, 3.63) is 18.6 Å². The fourth-order valence-electron chi connectivity index (χ4n) is 3.44. The molecule has 23 heavy (non-hydrogen) atoms. The zero-order valence-electron chi connectivity index (χ0n) is 13.4. The van der Waals surface area contributed by atoms with Crippen LogP contribution in [0, 0.1) is 0 Å². The van der Waals surface area contributed by atoms with E-state index in [0.29, 0.717) is 12.4 Å². The molecule has 2 fully saturated rings. The van der Waals surface area contributed by atoms with E-state index < -0.39 is 5.79 Å². The van der Waals surface area contributed by atoms with Gasteiger partial charge in [0.05, 0.1) is 5.39 Å². The smallest absolute Gasteiger partial charge is 0.164 e. The minimum absolute atomic E-state index is 0.0894. The second-order valence-corrected chi connectivity index (χ2v) is 6.41. The molecule has 0 bridgehead atoms. The Morgan fingerprint density at radius 2 is 2.09 bits per heavy atom. The number of rotatable bonds is 3. The van der Waals surface area contributed by atoms with Gasteiger partial charge in [0.25, 0.3) is 0 Å². The number of hydrogen-bond donors (Lipinski definition) is 2. The predicted octanol–water partition coefficient (Wildman–Crippen LogP) is 0.650. The molecule has 2 aliphatic heterocycles. The van der Waals surface area contributed by atoms with Crippen LogP contribution < -0.4 is 11.1 Å². The third-order valence-electron chi connectivity index (χ3n) is 4.34. The van der Waals surface area contributed by atoms with Crippen LogP contribution in [0.4, 0.5) is 5.82 Å². The van der Waals surface area contributed by atoms with Crippen LogP contribution in [0.15, 0.2) is 18.6 Å². The molecule has 8 heteroatoms. The van der Waals surface area contributed by atoms with Crippen molar-refractivity contribution >= 4 is 16.9 Å². The number of ether oxygens (including phenoxy) is 3. The Labute approximate surface area is 133 Å². The molecule has 124 valence electrons. The van der Waals surface area contributed by atoms with Crippen LogP contribution in [-0.4, -0.2) is 52.2 Å². The predicted molar refractivity (Wildman–Crippen MR) is 83.6 cm³/mol. The lowest BCUT2D eigenvalue weighted by molar-refractivity contribution is -0.195. The van der Waals surface area contributed by atoms with E-state index in [1.807, 2.05) is 37.7 Å². The van der Waals surface area contributed by atoms with E-state index in [9.17, 15) is 0 Å². The van der Waals surface area contributed by atoms with Crippen molar-refractivity contribution in [2.24, 2.45) is 0 Å². The van der Waals surface area contributed by atoms with E-state index in [1.165, 1.54) is 6.33 Å². The maximum atomic E-state index is 6.20. The normalized spacial score (nSPS) is 32.5. The van der Waals surface area contributed by atoms with E-state index in [0.717, 1.165) is 11.0 Å². The van der Waals surface area contributed by atoms with Gasteiger partial charge in [-0.1, -0.05) is 0 Å². The summed E-state index contributed by atoms with van der Waals surface area (Å²) in [4.78, 5) is 8.38. The van der Waals surface area contributed by atoms with Gasteiger partial charge in [0.2, 0.25) is 0 Å². The van der Waals surface area contributed by atoms with Crippen LogP contribution in [-0.2, 0) is 14.2 Å². The fraction of sp³-hybridized carbons (Fsp3) is 0.600. The number of nitrogens with one attached hydrogen (secondary N) is 1. The number of likely N-dealkylation sites (N-methyl/N-ethyl adjacent to an activating group) is 1. The Hall–Kier alpha value is -1.74. The van der Waals surface area contributed by atoms with Gasteiger partial charge in [-0.25, -0.2) is 9.97 Å². The van der Waals surface area contributed by atoms with E-state index in [-0.39, 0.29) is 24.5 Å². The van der Waals surface area contributed by atoms with Crippen molar-refractivity contribution in [2.45, 2.75) is 44.2 Å². The topological polar surface area (TPSA) is 96.5 Å². The van der Waals surface area contributed by atoms with Crippen molar-refractivity contribution in [2.75, 3.05) is 19.3 Å². The first kappa shape index (κ1) is 14.8. The summed E-state index contributed by atoms with van der Waals surface area (Å²) in [5.74, 6) is -0.167. The minimum Gasteiger partial charge on any atom is -0.383 e. The van der Waals surface area contributed by atoms with Gasteiger partial charge in [-0.05, 0) is 27.0 Å². The molecule has 0 saturated carbocycles. The van der Waals surface area contributed by atoms with Crippen LogP contribution in [0.2, 0.25) is 0 Å². The van der Waals surface area contributed by atoms with Gasteiger partial charge in [-0.15, -0.1) is 0 Å². The third kappa shape index (κ3) is 2.29. The van der Waals surface area contributed by atoms with Gasteiger partial charge in [0, 0.05) is 12.7 Å². The average molecular weight is 319 g/mol. The second kappa shape index (κ2) is 5.13. The summed E-state index contributed by atoms with van der Waals surface area (Å²) < 4.78 is 20.3. The van der Waals surface area contributed by atoms with E-state index >= 15 is 0 Å². The molecule has 0 radical (unpaired) electrons. The third-order valence-corrected chi connectivity index (χ3v) is 4.34. The van der Waals surface area contributed by atoms with Gasteiger partial charge >= 0.3 is 0 Å². The van der Waals surface area contributed by atoms with Crippen LogP contribution >= 0.6 is 0 Å². The summed E-state index contributed by atoms with van der Waals surface area (Å²) in [7, 11) is 1.89. The number of fused-ring (bicyclic) bond motifs is 2. The molecule has 3 N–H and O–H groups in total. The van der Waals surface area contributed by atoms with Crippen molar-refractivity contribution in [1.29, 1.82) is 0 Å². The molecule has 0 amide bonds. The molecule has 0 unspecified atom stereocenters. The van der Waals surface area contributed by atoms with Gasteiger partial charge in [-0.3, -0.25) is 0 Å². The number of nitrogen functional groups attached to an aromatic ring is 1. The van der Waals surface area contributed by atoms with Crippen LogP contribution in [0.3, 0.4) is 0 Å². The number of hydrogen-bond acceptors (Lipinski definition) is 7. The van der Waals surface area contributed by atoms with E-state index in [1.54, 1.807) is 0 Å². The summed E-state index contributed by atoms with van der Waals surface area (Å²) in [5, 5.41) is 3.95. The van der Waals surface area contributed by atoms with Crippen LogP contribution in [0.1, 0.15) is 20.1 Å². The number of aromatic nitrogens is 3. The lowest BCUT2D eigenvalue weighted by atomic mass is 10.1. The van der Waals surface area contributed by atoms with Gasteiger partial charge in [0.1, 0.15) is 36.1 Å². The quantitative estimate of drug-likeness (QED) is 0.857.